The van der Waals surface area contributed by atoms with Gasteiger partial charge < -0.3 is 15.2 Å². The summed E-state index contributed by atoms with van der Waals surface area (Å²) in [6.07, 6.45) is -1.01. The molecule has 0 saturated carbocycles. The number of anilines is 1. The number of thiophene rings is 1. The van der Waals surface area contributed by atoms with Gasteiger partial charge in [0.25, 0.3) is 5.91 Å². The summed E-state index contributed by atoms with van der Waals surface area (Å²) in [5.41, 5.74) is 1.33. The molecular weight excluding hydrogens is 316 g/mol. The fourth-order valence-electron chi connectivity index (χ4n) is 1.74. The fourth-order valence-corrected chi connectivity index (χ4v) is 2.48. The number of carbonyl (C=O) groups excluding carboxylic acids is 2. The Morgan fingerprint density at radius 3 is 2.65 bits per heavy atom. The third-order valence-electron chi connectivity index (χ3n) is 3.05. The number of nitrogens with zero attached hydrogens (tertiary/aromatic N) is 1. The third kappa shape index (κ3) is 4.16. The van der Waals surface area contributed by atoms with E-state index in [9.17, 15) is 9.59 Å². The molecule has 1 atom stereocenters. The summed E-state index contributed by atoms with van der Waals surface area (Å²) >= 11 is 1.22. The van der Waals surface area contributed by atoms with Crippen LogP contribution in [0, 0.1) is 11.3 Å². The van der Waals surface area contributed by atoms with Crippen LogP contribution >= 0.6 is 11.3 Å². The molecule has 0 fully saturated rings. The largest absolute Gasteiger partial charge is 0.449 e. The van der Waals surface area contributed by atoms with Crippen molar-refractivity contribution in [3.8, 4) is 6.07 Å². The molecule has 0 radical (unpaired) electrons. The first-order valence-electron chi connectivity index (χ1n) is 6.74. The summed E-state index contributed by atoms with van der Waals surface area (Å²) in [6, 6.07) is 9.81. The average Bonchev–Trinajstić information content (AvgIpc) is 3.01. The van der Waals surface area contributed by atoms with Gasteiger partial charge in [0.15, 0.2) is 6.10 Å². The summed E-state index contributed by atoms with van der Waals surface area (Å²) in [7, 11) is 0. The van der Waals surface area contributed by atoms with Gasteiger partial charge in [0.1, 0.15) is 11.1 Å². The van der Waals surface area contributed by atoms with Gasteiger partial charge in [-0.3, -0.25) is 4.79 Å². The van der Waals surface area contributed by atoms with E-state index in [4.69, 9.17) is 15.1 Å². The predicted octanol–water partition coefficient (Wildman–Crippen LogP) is 2.30. The van der Waals surface area contributed by atoms with Gasteiger partial charge in [0, 0.05) is 0 Å². The van der Waals surface area contributed by atoms with E-state index in [-0.39, 0.29) is 12.2 Å². The minimum Gasteiger partial charge on any atom is -0.449 e. The van der Waals surface area contributed by atoms with Crippen LogP contribution in [0.15, 0.2) is 35.7 Å². The molecule has 1 aromatic carbocycles. The second kappa shape index (κ2) is 7.54. The predicted molar refractivity (Wildman–Crippen MR) is 84.9 cm³/mol. The highest BCUT2D eigenvalue weighted by Gasteiger charge is 2.20. The standard InChI is InChI=1S/C16H14N2O4S/c1-10(14(20)18-15-13(8-17)6-7-23-15)22-16(21)12-4-2-11(9-19)3-5-12/h2-7,10,19H,9H2,1H3,(H,18,20)/t10-/m0/s1. The zero-order valence-electron chi connectivity index (χ0n) is 12.3. The van der Waals surface area contributed by atoms with Crippen LogP contribution in [0.5, 0.6) is 0 Å². The molecule has 6 nitrogen and oxygen atoms in total. The minimum atomic E-state index is -1.01. The molecule has 0 aliphatic heterocycles. The van der Waals surface area contributed by atoms with Gasteiger partial charge in [-0.2, -0.15) is 5.26 Å². The lowest BCUT2D eigenvalue weighted by atomic mass is 10.1. The molecule has 2 N–H and O–H groups in total. The molecule has 2 rings (SSSR count). The maximum absolute atomic E-state index is 12.0. The smallest absolute Gasteiger partial charge is 0.338 e. The van der Waals surface area contributed by atoms with Crippen LogP contribution in [0.25, 0.3) is 0 Å². The summed E-state index contributed by atoms with van der Waals surface area (Å²) in [5, 5.41) is 22.5. The molecule has 1 amide bonds. The Morgan fingerprint density at radius 1 is 1.35 bits per heavy atom. The SMILES string of the molecule is C[C@H](OC(=O)c1ccc(CO)cc1)C(=O)Nc1sccc1C#N. The maximum atomic E-state index is 12.0. The van der Waals surface area contributed by atoms with Crippen molar-refractivity contribution in [3.05, 3.63) is 52.4 Å². The van der Waals surface area contributed by atoms with Crippen molar-refractivity contribution in [1.29, 1.82) is 5.26 Å². The van der Waals surface area contributed by atoms with Gasteiger partial charge in [-0.05, 0) is 36.1 Å². The number of nitriles is 1. The Balaban J connectivity index is 1.97. The molecule has 0 aliphatic carbocycles. The molecule has 2 aromatic rings. The lowest BCUT2D eigenvalue weighted by molar-refractivity contribution is -0.123. The second-order valence-corrected chi connectivity index (χ2v) is 5.58. The molecule has 0 bridgehead atoms. The molecule has 1 aromatic heterocycles. The number of hydrogen-bond acceptors (Lipinski definition) is 6. The van der Waals surface area contributed by atoms with Crippen LogP contribution in [-0.4, -0.2) is 23.1 Å². The number of esters is 1. The van der Waals surface area contributed by atoms with Crippen LogP contribution < -0.4 is 5.32 Å². The Hall–Kier alpha value is -2.69. The van der Waals surface area contributed by atoms with Crippen molar-refractivity contribution in [2.45, 2.75) is 19.6 Å². The van der Waals surface area contributed by atoms with Crippen molar-refractivity contribution >= 4 is 28.2 Å². The Labute approximate surface area is 136 Å². The molecule has 23 heavy (non-hydrogen) atoms. The number of ether oxygens (including phenoxy) is 1. The molecule has 118 valence electrons. The number of aliphatic hydroxyl groups is 1. The fraction of sp³-hybridized carbons (Fsp3) is 0.188. The third-order valence-corrected chi connectivity index (χ3v) is 3.88. The first-order valence-corrected chi connectivity index (χ1v) is 7.62. The van der Waals surface area contributed by atoms with Crippen molar-refractivity contribution in [2.24, 2.45) is 0 Å². The van der Waals surface area contributed by atoms with Crippen LogP contribution in [0.1, 0.15) is 28.4 Å². The molecule has 0 spiro atoms. The minimum absolute atomic E-state index is 0.115. The summed E-state index contributed by atoms with van der Waals surface area (Å²) in [4.78, 5) is 24.0. The van der Waals surface area contributed by atoms with Gasteiger partial charge in [0.05, 0.1) is 17.7 Å². The second-order valence-electron chi connectivity index (χ2n) is 4.67. The van der Waals surface area contributed by atoms with E-state index in [1.54, 1.807) is 23.6 Å². The quantitative estimate of drug-likeness (QED) is 0.820. The van der Waals surface area contributed by atoms with Crippen molar-refractivity contribution < 1.29 is 19.4 Å². The lowest BCUT2D eigenvalue weighted by Crippen LogP contribution is -2.29. The lowest BCUT2D eigenvalue weighted by Gasteiger charge is -2.13. The highest BCUT2D eigenvalue weighted by atomic mass is 32.1. The number of nitrogens with one attached hydrogen (secondary N) is 1. The van der Waals surface area contributed by atoms with Gasteiger partial charge >= 0.3 is 5.97 Å². The zero-order chi connectivity index (χ0) is 16.8. The van der Waals surface area contributed by atoms with E-state index in [1.807, 2.05) is 6.07 Å². The van der Waals surface area contributed by atoms with Crippen molar-refractivity contribution in [1.82, 2.24) is 0 Å². The Kier molecular flexibility index (Phi) is 5.46. The number of aliphatic hydroxyl groups excluding tert-OH is 1. The van der Waals surface area contributed by atoms with Crippen LogP contribution in [-0.2, 0) is 16.1 Å². The highest BCUT2D eigenvalue weighted by Crippen LogP contribution is 2.22. The normalized spacial score (nSPS) is 11.3. The number of benzene rings is 1. The topological polar surface area (TPSA) is 99.4 Å². The molecule has 7 heteroatoms. The van der Waals surface area contributed by atoms with Crippen molar-refractivity contribution in [2.75, 3.05) is 5.32 Å². The summed E-state index contributed by atoms with van der Waals surface area (Å²) < 4.78 is 5.10. The van der Waals surface area contributed by atoms with Crippen LogP contribution in [0.3, 0.4) is 0 Å². The van der Waals surface area contributed by atoms with Gasteiger partial charge in [0.2, 0.25) is 0 Å². The Morgan fingerprint density at radius 2 is 2.04 bits per heavy atom. The zero-order valence-corrected chi connectivity index (χ0v) is 13.1. The van der Waals surface area contributed by atoms with E-state index in [2.05, 4.69) is 5.32 Å². The maximum Gasteiger partial charge on any atom is 0.338 e. The van der Waals surface area contributed by atoms with Crippen molar-refractivity contribution in [3.63, 3.8) is 0 Å². The van der Waals surface area contributed by atoms with E-state index in [0.29, 0.717) is 16.1 Å². The van der Waals surface area contributed by atoms with Gasteiger partial charge in [-0.25, -0.2) is 4.79 Å². The van der Waals surface area contributed by atoms with E-state index >= 15 is 0 Å². The summed E-state index contributed by atoms with van der Waals surface area (Å²) in [6.45, 7) is 1.34. The summed E-state index contributed by atoms with van der Waals surface area (Å²) in [5.74, 6) is -1.15. The number of hydrogen-bond donors (Lipinski definition) is 2. The van der Waals surface area contributed by atoms with Crippen LogP contribution in [0.2, 0.25) is 0 Å². The van der Waals surface area contributed by atoms with Gasteiger partial charge in [-0.1, -0.05) is 12.1 Å². The monoisotopic (exact) mass is 330 g/mol. The first kappa shape index (κ1) is 16.7. The highest BCUT2D eigenvalue weighted by molar-refractivity contribution is 7.14. The van der Waals surface area contributed by atoms with Gasteiger partial charge in [-0.15, -0.1) is 11.3 Å². The molecule has 0 saturated heterocycles. The number of rotatable bonds is 5. The molecule has 0 unspecified atom stereocenters. The van der Waals surface area contributed by atoms with E-state index in [0.717, 1.165) is 0 Å². The average molecular weight is 330 g/mol. The number of carbonyl (C=O) groups is 2. The van der Waals surface area contributed by atoms with E-state index < -0.39 is 18.0 Å². The van der Waals surface area contributed by atoms with E-state index in [1.165, 1.54) is 30.4 Å². The molecule has 1 heterocycles. The first-order chi connectivity index (χ1) is 11.0. The number of amides is 1. The van der Waals surface area contributed by atoms with Crippen LogP contribution in [0.4, 0.5) is 5.00 Å². The molecular formula is C16H14N2O4S. The Bertz CT molecular complexity index is 746. The molecule has 0 aliphatic rings.